The van der Waals surface area contributed by atoms with Crippen molar-refractivity contribution < 1.29 is 19.1 Å². The van der Waals surface area contributed by atoms with Crippen LogP contribution in [-0.4, -0.2) is 27.6 Å². The van der Waals surface area contributed by atoms with Crippen molar-refractivity contribution in [3.63, 3.8) is 0 Å². The Labute approximate surface area is 168 Å². The molecule has 1 N–H and O–H groups in total. The molecule has 2 aromatic heterocycles. The minimum Gasteiger partial charge on any atom is -0.504 e. The summed E-state index contributed by atoms with van der Waals surface area (Å²) in [6, 6.07) is 7.20. The van der Waals surface area contributed by atoms with E-state index in [1.807, 2.05) is 30.5 Å². The van der Waals surface area contributed by atoms with Crippen LogP contribution in [0.4, 0.5) is 0 Å². The molecule has 0 bridgehead atoms. The maximum atomic E-state index is 13.6. The number of aromatic hydroxyl groups is 1. The smallest absolute Gasteiger partial charge is 0.197 e. The highest BCUT2D eigenvalue weighted by Gasteiger charge is 2.25. The van der Waals surface area contributed by atoms with E-state index in [0.29, 0.717) is 45.7 Å². The number of phenols is 1. The molecule has 6 nitrogen and oxygen atoms in total. The van der Waals surface area contributed by atoms with Crippen LogP contribution in [-0.2, 0) is 6.54 Å². The van der Waals surface area contributed by atoms with Gasteiger partial charge in [0, 0.05) is 23.3 Å². The van der Waals surface area contributed by atoms with Crippen molar-refractivity contribution >= 4 is 16.8 Å². The molecule has 6 heteroatoms. The lowest BCUT2D eigenvalue weighted by Gasteiger charge is -2.11. The number of furan rings is 1. The normalized spacial score (nSPS) is 11.2. The molecule has 0 saturated carbocycles. The van der Waals surface area contributed by atoms with Gasteiger partial charge < -0.3 is 18.8 Å². The van der Waals surface area contributed by atoms with Crippen LogP contribution in [0.1, 0.15) is 38.4 Å². The predicted molar refractivity (Wildman–Crippen MR) is 110 cm³/mol. The Hall–Kier alpha value is -3.54. The van der Waals surface area contributed by atoms with E-state index in [1.165, 1.54) is 0 Å². The summed E-state index contributed by atoms with van der Waals surface area (Å²) in [5.41, 5.74) is 3.92. The van der Waals surface area contributed by atoms with Crippen molar-refractivity contribution in [2.24, 2.45) is 0 Å². The fourth-order valence-electron chi connectivity index (χ4n) is 3.52. The number of methoxy groups -OCH3 is 1. The molecule has 29 heavy (non-hydrogen) atoms. The Morgan fingerprint density at radius 1 is 1.21 bits per heavy atom. The minimum atomic E-state index is -0.177. The molecule has 0 saturated heterocycles. The molecule has 0 unspecified atom stereocenters. The Morgan fingerprint density at radius 3 is 2.69 bits per heavy atom. The van der Waals surface area contributed by atoms with E-state index in [9.17, 15) is 9.90 Å². The first-order valence-electron chi connectivity index (χ1n) is 9.30. The van der Waals surface area contributed by atoms with Crippen molar-refractivity contribution in [2.45, 2.75) is 27.3 Å². The fraction of sp³-hybridized carbons (Fsp3) is 0.217. The van der Waals surface area contributed by atoms with E-state index in [2.05, 4.69) is 4.98 Å². The summed E-state index contributed by atoms with van der Waals surface area (Å²) in [5.74, 6) is 1.01. The van der Waals surface area contributed by atoms with Gasteiger partial charge in [-0.15, -0.1) is 0 Å². The number of carbonyl (C=O) groups excluding carboxylic acids is 1. The van der Waals surface area contributed by atoms with Crippen molar-refractivity contribution in [3.05, 3.63) is 76.6 Å². The Balaban J connectivity index is 1.93. The highest BCUT2D eigenvalue weighted by atomic mass is 16.5. The zero-order chi connectivity index (χ0) is 20.7. The van der Waals surface area contributed by atoms with Crippen LogP contribution in [0, 0.1) is 20.8 Å². The van der Waals surface area contributed by atoms with Crippen LogP contribution in [0.3, 0.4) is 0 Å². The minimum absolute atomic E-state index is 0.0473. The number of phenolic OH excluding ortho intramolecular Hbond substituents is 1. The second kappa shape index (κ2) is 7.13. The first-order valence-corrected chi connectivity index (χ1v) is 9.30. The van der Waals surface area contributed by atoms with Crippen molar-refractivity contribution in [1.82, 2.24) is 9.55 Å². The maximum absolute atomic E-state index is 13.6. The van der Waals surface area contributed by atoms with Gasteiger partial charge >= 0.3 is 0 Å². The lowest BCUT2D eigenvalue weighted by atomic mass is 9.96. The number of ether oxygens (including phenoxy) is 1. The Kier molecular flexibility index (Phi) is 4.62. The third-order valence-electron chi connectivity index (χ3n) is 5.32. The molecule has 0 amide bonds. The molecule has 0 fully saturated rings. The van der Waals surface area contributed by atoms with E-state index in [0.717, 1.165) is 11.1 Å². The number of fused-ring (bicyclic) bond motifs is 1. The van der Waals surface area contributed by atoms with Gasteiger partial charge in [0.1, 0.15) is 11.5 Å². The van der Waals surface area contributed by atoms with Crippen LogP contribution in [0.25, 0.3) is 11.0 Å². The molecule has 0 spiro atoms. The van der Waals surface area contributed by atoms with E-state index >= 15 is 0 Å². The molecule has 148 valence electrons. The number of rotatable bonds is 5. The summed E-state index contributed by atoms with van der Waals surface area (Å²) in [4.78, 5) is 17.6. The number of hydrogen-bond acceptors (Lipinski definition) is 5. The zero-order valence-electron chi connectivity index (χ0n) is 16.8. The summed E-state index contributed by atoms with van der Waals surface area (Å²) in [6.07, 6.45) is 5.12. The summed E-state index contributed by atoms with van der Waals surface area (Å²) in [6.45, 7) is 6.03. The highest BCUT2D eigenvalue weighted by Crippen LogP contribution is 2.36. The van der Waals surface area contributed by atoms with Crippen LogP contribution < -0.4 is 4.74 Å². The van der Waals surface area contributed by atoms with E-state index in [4.69, 9.17) is 9.15 Å². The first kappa shape index (κ1) is 18.8. The quantitative estimate of drug-likeness (QED) is 0.506. The second-order valence-corrected chi connectivity index (χ2v) is 7.19. The van der Waals surface area contributed by atoms with Gasteiger partial charge in [0.05, 0.1) is 25.5 Å². The van der Waals surface area contributed by atoms with Gasteiger partial charge in [-0.25, -0.2) is 4.98 Å². The molecule has 0 atom stereocenters. The molecular weight excluding hydrogens is 368 g/mol. The number of nitrogens with zero attached hydrogens (tertiary/aromatic N) is 2. The first-order chi connectivity index (χ1) is 13.9. The molecule has 4 rings (SSSR count). The van der Waals surface area contributed by atoms with E-state index in [-0.39, 0.29) is 11.5 Å². The van der Waals surface area contributed by atoms with Gasteiger partial charge in [0.15, 0.2) is 17.1 Å². The average molecular weight is 390 g/mol. The average Bonchev–Trinajstić information content (AvgIpc) is 3.34. The standard InChI is InChI=1S/C23H22N2O4/c1-13-5-6-17-20(22(27)16-9-14(2)15(3)18(10-16)28-4)19(29-23(17)21(13)26)11-25-8-7-24-12-25/h5-10,12,26H,11H2,1-4H3. The molecule has 0 radical (unpaired) electrons. The molecule has 0 aliphatic heterocycles. The number of benzene rings is 2. The Bertz CT molecular complexity index is 1220. The van der Waals surface area contributed by atoms with Crippen molar-refractivity contribution in [3.8, 4) is 11.5 Å². The van der Waals surface area contributed by atoms with Crippen LogP contribution in [0.2, 0.25) is 0 Å². The molecule has 0 aliphatic carbocycles. The Morgan fingerprint density at radius 2 is 2.00 bits per heavy atom. The van der Waals surface area contributed by atoms with Crippen molar-refractivity contribution in [2.75, 3.05) is 7.11 Å². The lowest BCUT2D eigenvalue weighted by Crippen LogP contribution is -2.07. The second-order valence-electron chi connectivity index (χ2n) is 7.19. The number of aryl methyl sites for hydroxylation is 2. The van der Waals surface area contributed by atoms with Gasteiger partial charge in [-0.2, -0.15) is 0 Å². The molecule has 2 heterocycles. The van der Waals surface area contributed by atoms with Gasteiger partial charge in [-0.3, -0.25) is 4.79 Å². The maximum Gasteiger partial charge on any atom is 0.197 e. The van der Waals surface area contributed by atoms with Crippen molar-refractivity contribution in [1.29, 1.82) is 0 Å². The number of hydrogen-bond donors (Lipinski definition) is 1. The number of ketones is 1. The van der Waals surface area contributed by atoms with Gasteiger partial charge in [0.25, 0.3) is 0 Å². The summed E-state index contributed by atoms with van der Waals surface area (Å²) < 4.78 is 13.2. The van der Waals surface area contributed by atoms with Crippen LogP contribution >= 0.6 is 0 Å². The van der Waals surface area contributed by atoms with Gasteiger partial charge in [-0.05, 0) is 55.7 Å². The topological polar surface area (TPSA) is 77.5 Å². The molecule has 2 aromatic carbocycles. The fourth-order valence-corrected chi connectivity index (χ4v) is 3.52. The highest BCUT2D eigenvalue weighted by molar-refractivity contribution is 6.17. The number of aromatic nitrogens is 2. The van der Waals surface area contributed by atoms with Crippen LogP contribution in [0.15, 0.2) is 47.4 Å². The summed E-state index contributed by atoms with van der Waals surface area (Å²) >= 11 is 0. The van der Waals surface area contributed by atoms with Crippen LogP contribution in [0.5, 0.6) is 11.5 Å². The summed E-state index contributed by atoms with van der Waals surface area (Å²) in [5, 5.41) is 11.1. The SMILES string of the molecule is COc1cc(C(=O)c2c(Cn3ccnc3)oc3c(O)c(C)ccc23)cc(C)c1C. The zero-order valence-corrected chi connectivity index (χ0v) is 16.8. The largest absolute Gasteiger partial charge is 0.504 e. The van der Waals surface area contributed by atoms with Gasteiger partial charge in [0.2, 0.25) is 0 Å². The number of carbonyl (C=O) groups is 1. The van der Waals surface area contributed by atoms with E-state index in [1.54, 1.807) is 44.9 Å². The third kappa shape index (κ3) is 3.16. The molecule has 0 aliphatic rings. The number of imidazole rings is 1. The monoisotopic (exact) mass is 390 g/mol. The third-order valence-corrected chi connectivity index (χ3v) is 5.32. The lowest BCUT2D eigenvalue weighted by molar-refractivity contribution is 0.103. The predicted octanol–water partition coefficient (Wildman–Crippen LogP) is 4.55. The molecular formula is C23H22N2O4. The van der Waals surface area contributed by atoms with E-state index < -0.39 is 0 Å². The summed E-state index contributed by atoms with van der Waals surface area (Å²) in [7, 11) is 1.59. The molecule has 4 aromatic rings. The van der Waals surface area contributed by atoms with Gasteiger partial charge in [-0.1, -0.05) is 6.07 Å².